The van der Waals surface area contributed by atoms with Gasteiger partial charge in [-0.2, -0.15) is 0 Å². The van der Waals surface area contributed by atoms with Crippen LogP contribution >= 0.6 is 0 Å². The molecule has 0 aromatic heterocycles. The highest BCUT2D eigenvalue weighted by molar-refractivity contribution is 5.75. The molecule has 0 aromatic carbocycles. The van der Waals surface area contributed by atoms with Crippen molar-refractivity contribution in [3.05, 3.63) is 0 Å². The molecule has 0 atom stereocenters. The molecular formula is C14H24O4. The van der Waals surface area contributed by atoms with E-state index in [2.05, 4.69) is 13.8 Å². The Morgan fingerprint density at radius 3 is 2.00 bits per heavy atom. The van der Waals surface area contributed by atoms with Crippen molar-refractivity contribution in [3.8, 4) is 0 Å². The molecule has 1 aliphatic rings. The van der Waals surface area contributed by atoms with Crippen LogP contribution in [0.15, 0.2) is 0 Å². The Hall–Kier alpha value is -1.06. The minimum Gasteiger partial charge on any atom is -0.469 e. The van der Waals surface area contributed by atoms with E-state index in [1.807, 2.05) is 0 Å². The van der Waals surface area contributed by atoms with Crippen molar-refractivity contribution in [2.45, 2.75) is 46.0 Å². The second-order valence-electron chi connectivity index (χ2n) is 5.42. The molecule has 104 valence electrons. The van der Waals surface area contributed by atoms with Gasteiger partial charge in [-0.05, 0) is 38.0 Å². The Balaban J connectivity index is 2.25. The lowest BCUT2D eigenvalue weighted by Crippen LogP contribution is -2.28. The molecule has 0 spiro atoms. The quantitative estimate of drug-likeness (QED) is 0.709. The second-order valence-corrected chi connectivity index (χ2v) is 5.42. The fraction of sp³-hybridized carbons (Fsp3) is 0.857. The normalized spacial score (nSPS) is 23.8. The predicted octanol–water partition coefficient (Wildman–Crippen LogP) is 2.56. The number of hydrogen-bond acceptors (Lipinski definition) is 4. The average Bonchev–Trinajstić information content (AvgIpc) is 2.37. The minimum absolute atomic E-state index is 0.0296. The van der Waals surface area contributed by atoms with E-state index in [1.54, 1.807) is 0 Å². The van der Waals surface area contributed by atoms with Crippen molar-refractivity contribution in [2.75, 3.05) is 13.7 Å². The van der Waals surface area contributed by atoms with Crippen LogP contribution in [-0.4, -0.2) is 25.7 Å². The van der Waals surface area contributed by atoms with Crippen LogP contribution in [0.4, 0.5) is 0 Å². The van der Waals surface area contributed by atoms with E-state index in [0.717, 1.165) is 32.1 Å². The fourth-order valence-corrected chi connectivity index (χ4v) is 2.24. The highest BCUT2D eigenvalue weighted by atomic mass is 16.5. The van der Waals surface area contributed by atoms with Crippen molar-refractivity contribution in [1.29, 1.82) is 0 Å². The first-order valence-electron chi connectivity index (χ1n) is 6.79. The molecule has 18 heavy (non-hydrogen) atoms. The largest absolute Gasteiger partial charge is 0.469 e. The molecule has 0 aromatic rings. The third kappa shape index (κ3) is 4.67. The van der Waals surface area contributed by atoms with E-state index in [4.69, 9.17) is 9.47 Å². The number of carbonyl (C=O) groups excluding carboxylic acids is 2. The molecule has 0 amide bonds. The van der Waals surface area contributed by atoms with Crippen LogP contribution in [0.2, 0.25) is 0 Å². The monoisotopic (exact) mass is 256 g/mol. The smallest absolute Gasteiger partial charge is 0.308 e. The van der Waals surface area contributed by atoms with E-state index >= 15 is 0 Å². The SMILES string of the molecule is COC(=O)C1CCC(C(=O)OCCC(C)C)CC1. The highest BCUT2D eigenvalue weighted by Gasteiger charge is 2.31. The van der Waals surface area contributed by atoms with E-state index in [9.17, 15) is 9.59 Å². The van der Waals surface area contributed by atoms with Crippen LogP contribution in [0.3, 0.4) is 0 Å². The van der Waals surface area contributed by atoms with E-state index in [-0.39, 0.29) is 23.8 Å². The molecule has 1 aliphatic carbocycles. The van der Waals surface area contributed by atoms with E-state index in [1.165, 1.54) is 7.11 Å². The first-order chi connectivity index (χ1) is 8.54. The second kappa shape index (κ2) is 7.39. The third-order valence-electron chi connectivity index (χ3n) is 3.53. The molecular weight excluding hydrogens is 232 g/mol. The van der Waals surface area contributed by atoms with Gasteiger partial charge in [0, 0.05) is 0 Å². The van der Waals surface area contributed by atoms with Crippen LogP contribution < -0.4 is 0 Å². The lowest BCUT2D eigenvalue weighted by atomic mass is 9.82. The van der Waals surface area contributed by atoms with Crippen molar-refractivity contribution in [3.63, 3.8) is 0 Å². The zero-order chi connectivity index (χ0) is 13.5. The molecule has 0 heterocycles. The average molecular weight is 256 g/mol. The molecule has 1 rings (SSSR count). The first-order valence-corrected chi connectivity index (χ1v) is 6.79. The lowest BCUT2D eigenvalue weighted by Gasteiger charge is -2.25. The van der Waals surface area contributed by atoms with Crippen LogP contribution in [0.25, 0.3) is 0 Å². The Kier molecular flexibility index (Phi) is 6.16. The number of rotatable bonds is 5. The zero-order valence-electron chi connectivity index (χ0n) is 11.6. The number of esters is 2. The standard InChI is InChI=1S/C14H24O4/c1-10(2)8-9-18-14(16)12-6-4-11(5-7-12)13(15)17-3/h10-12H,4-9H2,1-3H3. The summed E-state index contributed by atoms with van der Waals surface area (Å²) in [5, 5.41) is 0. The zero-order valence-corrected chi connectivity index (χ0v) is 11.6. The summed E-state index contributed by atoms with van der Waals surface area (Å²) in [4.78, 5) is 23.1. The van der Waals surface area contributed by atoms with Gasteiger partial charge in [0.05, 0.1) is 25.6 Å². The summed E-state index contributed by atoms with van der Waals surface area (Å²) in [7, 11) is 1.41. The summed E-state index contributed by atoms with van der Waals surface area (Å²) in [6, 6.07) is 0. The molecule has 0 bridgehead atoms. The third-order valence-corrected chi connectivity index (χ3v) is 3.53. The maximum absolute atomic E-state index is 11.8. The van der Waals surface area contributed by atoms with Crippen molar-refractivity contribution >= 4 is 11.9 Å². The van der Waals surface area contributed by atoms with Gasteiger partial charge < -0.3 is 9.47 Å². The number of ether oxygens (including phenoxy) is 2. The van der Waals surface area contributed by atoms with Gasteiger partial charge in [-0.15, -0.1) is 0 Å². The first kappa shape index (κ1) is 15.0. The van der Waals surface area contributed by atoms with Gasteiger partial charge in [-0.3, -0.25) is 9.59 Å². The summed E-state index contributed by atoms with van der Waals surface area (Å²) in [5.41, 5.74) is 0. The molecule has 0 radical (unpaired) electrons. The topological polar surface area (TPSA) is 52.6 Å². The molecule has 1 saturated carbocycles. The van der Waals surface area contributed by atoms with Gasteiger partial charge in [0.2, 0.25) is 0 Å². The summed E-state index contributed by atoms with van der Waals surface area (Å²) >= 11 is 0. The predicted molar refractivity (Wildman–Crippen MR) is 67.9 cm³/mol. The summed E-state index contributed by atoms with van der Waals surface area (Å²) < 4.78 is 9.98. The van der Waals surface area contributed by atoms with Crippen molar-refractivity contribution in [1.82, 2.24) is 0 Å². The van der Waals surface area contributed by atoms with Crippen LogP contribution in [0.5, 0.6) is 0 Å². The van der Waals surface area contributed by atoms with Crippen LogP contribution in [-0.2, 0) is 19.1 Å². The minimum atomic E-state index is -0.151. The Bertz CT molecular complexity index is 278. The lowest BCUT2D eigenvalue weighted by molar-refractivity contribution is -0.154. The maximum atomic E-state index is 11.8. The maximum Gasteiger partial charge on any atom is 0.308 e. The van der Waals surface area contributed by atoms with Gasteiger partial charge in [0.1, 0.15) is 0 Å². The van der Waals surface area contributed by atoms with E-state index < -0.39 is 0 Å². The molecule has 4 nitrogen and oxygen atoms in total. The number of methoxy groups -OCH3 is 1. The Morgan fingerprint density at radius 2 is 1.56 bits per heavy atom. The molecule has 0 N–H and O–H groups in total. The number of hydrogen-bond donors (Lipinski definition) is 0. The van der Waals surface area contributed by atoms with Gasteiger partial charge in [-0.25, -0.2) is 0 Å². The van der Waals surface area contributed by atoms with E-state index in [0.29, 0.717) is 12.5 Å². The van der Waals surface area contributed by atoms with Crippen molar-refractivity contribution < 1.29 is 19.1 Å². The Labute approximate surface area is 109 Å². The van der Waals surface area contributed by atoms with Crippen LogP contribution in [0.1, 0.15) is 46.0 Å². The Morgan fingerprint density at radius 1 is 1.06 bits per heavy atom. The summed E-state index contributed by atoms with van der Waals surface area (Å²) in [6.45, 7) is 4.72. The molecule has 0 unspecified atom stereocenters. The highest BCUT2D eigenvalue weighted by Crippen LogP contribution is 2.30. The fourth-order valence-electron chi connectivity index (χ4n) is 2.24. The number of carbonyl (C=O) groups is 2. The summed E-state index contributed by atoms with van der Waals surface area (Å²) in [5.74, 6) is 0.237. The van der Waals surface area contributed by atoms with Crippen molar-refractivity contribution in [2.24, 2.45) is 17.8 Å². The molecule has 1 fully saturated rings. The molecule has 4 heteroatoms. The van der Waals surface area contributed by atoms with Gasteiger partial charge in [0.15, 0.2) is 0 Å². The molecule has 0 aliphatic heterocycles. The van der Waals surface area contributed by atoms with Gasteiger partial charge in [0.25, 0.3) is 0 Å². The van der Waals surface area contributed by atoms with Gasteiger partial charge >= 0.3 is 11.9 Å². The van der Waals surface area contributed by atoms with Crippen LogP contribution in [0, 0.1) is 17.8 Å². The summed E-state index contributed by atoms with van der Waals surface area (Å²) in [6.07, 6.45) is 3.84. The van der Waals surface area contributed by atoms with Gasteiger partial charge in [-0.1, -0.05) is 13.8 Å². The molecule has 0 saturated heterocycles.